The molecule has 1 aliphatic rings. The Hall–Kier alpha value is -2.34. The fourth-order valence-corrected chi connectivity index (χ4v) is 6.64. The first-order valence-electron chi connectivity index (χ1n) is 9.59. The van der Waals surface area contributed by atoms with Gasteiger partial charge in [0.1, 0.15) is 5.75 Å². The first-order valence-corrected chi connectivity index (χ1v) is 13.1. The molecule has 1 unspecified atom stereocenters. The van der Waals surface area contributed by atoms with E-state index >= 15 is 0 Å². The summed E-state index contributed by atoms with van der Waals surface area (Å²) in [7, 11) is -3.95. The van der Waals surface area contributed by atoms with Crippen molar-refractivity contribution < 1.29 is 17.9 Å². The van der Waals surface area contributed by atoms with Gasteiger partial charge in [-0.25, -0.2) is 8.42 Å². The minimum Gasteiger partial charge on any atom is -0.476 e. The van der Waals surface area contributed by atoms with Crippen LogP contribution >= 0.6 is 34.7 Å². The average molecular weight is 511 g/mol. The maximum Gasteiger partial charge on any atom is 0.269 e. The highest BCUT2D eigenvalue weighted by Crippen LogP contribution is 2.39. The third-order valence-corrected chi connectivity index (χ3v) is 8.34. The molecule has 12 heteroatoms. The summed E-state index contributed by atoms with van der Waals surface area (Å²) in [6.45, 7) is 3.85. The second-order valence-corrected chi connectivity index (χ2v) is 12.2. The van der Waals surface area contributed by atoms with Crippen molar-refractivity contribution in [2.45, 2.75) is 34.4 Å². The molecule has 1 aromatic heterocycles. The van der Waals surface area contributed by atoms with Crippen molar-refractivity contribution in [2.24, 2.45) is 0 Å². The van der Waals surface area contributed by atoms with E-state index in [-0.39, 0.29) is 22.9 Å². The zero-order chi connectivity index (χ0) is 22.9. The SMILES string of the molecule is CC(C)Sc1nnc(NC(=O)C2CN(S(=O)(=O)c3ccccc3)c3cc(Cl)ccc3O2)s1. The van der Waals surface area contributed by atoms with Crippen LogP contribution in [-0.4, -0.2) is 42.4 Å². The summed E-state index contributed by atoms with van der Waals surface area (Å²) in [5.41, 5.74) is 0.275. The number of halogens is 1. The highest BCUT2D eigenvalue weighted by atomic mass is 35.5. The molecule has 1 N–H and O–H groups in total. The number of fused-ring (bicyclic) bond motifs is 1. The molecule has 4 rings (SSSR count). The summed E-state index contributed by atoms with van der Waals surface area (Å²) in [5, 5.41) is 11.7. The molecule has 32 heavy (non-hydrogen) atoms. The summed E-state index contributed by atoms with van der Waals surface area (Å²) in [4.78, 5) is 13.0. The number of carbonyl (C=O) groups excluding carboxylic acids is 1. The van der Waals surface area contributed by atoms with Gasteiger partial charge in [-0.2, -0.15) is 0 Å². The highest BCUT2D eigenvalue weighted by molar-refractivity contribution is 8.01. The first-order chi connectivity index (χ1) is 15.2. The van der Waals surface area contributed by atoms with Gasteiger partial charge in [0.05, 0.1) is 17.1 Å². The molecule has 0 spiro atoms. The molecule has 1 amide bonds. The van der Waals surface area contributed by atoms with Gasteiger partial charge >= 0.3 is 0 Å². The van der Waals surface area contributed by atoms with Gasteiger partial charge in [0, 0.05) is 10.3 Å². The van der Waals surface area contributed by atoms with Crippen molar-refractivity contribution in [3.8, 4) is 5.75 Å². The minimum absolute atomic E-state index is 0.103. The number of hydrogen-bond acceptors (Lipinski definition) is 8. The second-order valence-electron chi connectivity index (χ2n) is 7.10. The van der Waals surface area contributed by atoms with Crippen LogP contribution in [0.3, 0.4) is 0 Å². The van der Waals surface area contributed by atoms with Crippen LogP contribution in [0.4, 0.5) is 10.8 Å². The van der Waals surface area contributed by atoms with Crippen molar-refractivity contribution in [1.29, 1.82) is 0 Å². The van der Waals surface area contributed by atoms with Crippen LogP contribution in [-0.2, 0) is 14.8 Å². The normalized spacial score (nSPS) is 15.9. The number of benzene rings is 2. The Kier molecular flexibility index (Phi) is 6.61. The molecule has 0 radical (unpaired) electrons. The second kappa shape index (κ2) is 9.26. The van der Waals surface area contributed by atoms with E-state index in [4.69, 9.17) is 16.3 Å². The standard InChI is InChI=1S/C20H19ClN4O4S3/c1-12(2)30-20-24-23-19(31-20)22-18(26)17-11-25(15-10-13(21)8-9-16(15)29-17)32(27,28)14-6-4-3-5-7-14/h3-10,12,17H,11H2,1-2H3,(H,22,23,26). The van der Waals surface area contributed by atoms with E-state index in [2.05, 4.69) is 15.5 Å². The Balaban J connectivity index is 1.62. The molecule has 0 saturated carbocycles. The number of anilines is 2. The number of rotatable bonds is 6. The first kappa shape index (κ1) is 22.8. The smallest absolute Gasteiger partial charge is 0.269 e. The number of sulfonamides is 1. The van der Waals surface area contributed by atoms with Crippen LogP contribution in [0.15, 0.2) is 57.8 Å². The van der Waals surface area contributed by atoms with Gasteiger partial charge in [-0.3, -0.25) is 14.4 Å². The molecule has 0 aliphatic carbocycles. The van der Waals surface area contributed by atoms with E-state index < -0.39 is 22.0 Å². The Morgan fingerprint density at radius 3 is 2.72 bits per heavy atom. The van der Waals surface area contributed by atoms with Crippen LogP contribution in [0.5, 0.6) is 5.75 Å². The molecule has 168 valence electrons. The molecule has 0 fully saturated rings. The molecule has 3 aromatic rings. The lowest BCUT2D eigenvalue weighted by molar-refractivity contribution is -0.122. The molecule has 2 heterocycles. The van der Waals surface area contributed by atoms with E-state index in [9.17, 15) is 13.2 Å². The maximum atomic E-state index is 13.4. The van der Waals surface area contributed by atoms with Gasteiger partial charge < -0.3 is 4.74 Å². The van der Waals surface area contributed by atoms with Crippen molar-refractivity contribution >= 4 is 61.4 Å². The van der Waals surface area contributed by atoms with Crippen molar-refractivity contribution in [1.82, 2.24) is 10.2 Å². The Morgan fingerprint density at radius 1 is 1.25 bits per heavy atom. The summed E-state index contributed by atoms with van der Waals surface area (Å²) >= 11 is 8.90. The van der Waals surface area contributed by atoms with Crippen molar-refractivity contribution in [3.63, 3.8) is 0 Å². The Bertz CT molecular complexity index is 1230. The minimum atomic E-state index is -3.95. The van der Waals surface area contributed by atoms with E-state index in [1.165, 1.54) is 41.3 Å². The summed E-state index contributed by atoms with van der Waals surface area (Å²) in [6, 6.07) is 12.6. The molecule has 2 aromatic carbocycles. The van der Waals surface area contributed by atoms with Crippen LogP contribution in [0.1, 0.15) is 13.8 Å². The lowest BCUT2D eigenvalue weighted by Gasteiger charge is -2.34. The number of aromatic nitrogens is 2. The van der Waals surface area contributed by atoms with Gasteiger partial charge in [0.15, 0.2) is 10.4 Å². The number of ether oxygens (including phenoxy) is 1. The number of nitrogens with zero attached hydrogens (tertiary/aromatic N) is 3. The summed E-state index contributed by atoms with van der Waals surface area (Å²) in [5.74, 6) is -0.273. The highest BCUT2D eigenvalue weighted by Gasteiger charge is 2.38. The molecular formula is C20H19ClN4O4S3. The largest absolute Gasteiger partial charge is 0.476 e. The van der Waals surface area contributed by atoms with Crippen molar-refractivity contribution in [3.05, 3.63) is 53.6 Å². The topological polar surface area (TPSA) is 101 Å². The lowest BCUT2D eigenvalue weighted by Crippen LogP contribution is -2.48. The van der Waals surface area contributed by atoms with Gasteiger partial charge in [0.2, 0.25) is 5.13 Å². The third-order valence-electron chi connectivity index (χ3n) is 4.39. The monoisotopic (exact) mass is 510 g/mol. The van der Waals surface area contributed by atoms with Gasteiger partial charge in [-0.05, 0) is 30.3 Å². The zero-order valence-electron chi connectivity index (χ0n) is 17.1. The maximum absolute atomic E-state index is 13.4. The van der Waals surface area contributed by atoms with Crippen molar-refractivity contribution in [2.75, 3.05) is 16.2 Å². The molecule has 8 nitrogen and oxygen atoms in total. The predicted molar refractivity (Wildman–Crippen MR) is 126 cm³/mol. The van der Waals surface area contributed by atoms with Gasteiger partial charge in [-0.1, -0.05) is 66.7 Å². The number of amides is 1. The van der Waals surface area contributed by atoms with Crippen LogP contribution in [0, 0.1) is 0 Å². The number of nitrogens with one attached hydrogen (secondary N) is 1. The molecule has 0 saturated heterocycles. The fraction of sp³-hybridized carbons (Fsp3) is 0.250. The van der Waals surface area contributed by atoms with Gasteiger partial charge in [-0.15, -0.1) is 10.2 Å². The lowest BCUT2D eigenvalue weighted by atomic mass is 10.2. The van der Waals surface area contributed by atoms with Crippen LogP contribution in [0.2, 0.25) is 5.02 Å². The Labute approximate surface area is 199 Å². The number of hydrogen-bond donors (Lipinski definition) is 1. The fourth-order valence-electron chi connectivity index (χ4n) is 3.00. The summed E-state index contributed by atoms with van der Waals surface area (Å²) in [6.07, 6.45) is -1.09. The molecule has 0 bridgehead atoms. The van der Waals surface area contributed by atoms with E-state index in [1.54, 1.807) is 30.3 Å². The van der Waals surface area contributed by atoms with Gasteiger partial charge in [0.25, 0.3) is 15.9 Å². The average Bonchev–Trinajstić information content (AvgIpc) is 3.19. The van der Waals surface area contributed by atoms with Crippen LogP contribution < -0.4 is 14.4 Å². The van der Waals surface area contributed by atoms with E-state index in [0.29, 0.717) is 15.4 Å². The zero-order valence-corrected chi connectivity index (χ0v) is 20.3. The van der Waals surface area contributed by atoms with E-state index in [1.807, 2.05) is 13.8 Å². The van der Waals surface area contributed by atoms with E-state index in [0.717, 1.165) is 8.64 Å². The quantitative estimate of drug-likeness (QED) is 0.390. The Morgan fingerprint density at radius 2 is 2.00 bits per heavy atom. The number of carbonyl (C=O) groups is 1. The van der Waals surface area contributed by atoms with Crippen LogP contribution in [0.25, 0.3) is 0 Å². The predicted octanol–water partition coefficient (Wildman–Crippen LogP) is 4.29. The third kappa shape index (κ3) is 4.85. The number of thioether (sulfide) groups is 1. The summed E-state index contributed by atoms with van der Waals surface area (Å²) < 4.78 is 34.4. The molecule has 1 atom stereocenters. The molecular weight excluding hydrogens is 492 g/mol. The molecule has 1 aliphatic heterocycles.